The number of nitrogens with zero attached hydrogens (tertiary/aromatic N) is 4. The molecule has 4 aromatic carbocycles. The molecule has 0 radical (unpaired) electrons. The lowest BCUT2D eigenvalue weighted by atomic mass is 9.94. The van der Waals surface area contributed by atoms with Crippen LogP contribution >= 0.6 is 11.6 Å². The molecular formula is C41H37ClF2N6O4. The Labute approximate surface area is 314 Å². The zero-order valence-electron chi connectivity index (χ0n) is 29.9. The van der Waals surface area contributed by atoms with Crippen molar-refractivity contribution in [2.24, 2.45) is 0 Å². The minimum Gasteiger partial charge on any atom is -0.444 e. The molecule has 6 aromatic rings. The second kappa shape index (κ2) is 13.2. The minimum absolute atomic E-state index is 0.0972. The molecule has 2 N–H and O–H groups in total. The summed E-state index contributed by atoms with van der Waals surface area (Å²) in [5.74, 6) is -0.661. The monoisotopic (exact) mass is 750 g/mol. The van der Waals surface area contributed by atoms with Crippen LogP contribution in [0.3, 0.4) is 0 Å². The smallest absolute Gasteiger partial charge is 0.278 e. The van der Waals surface area contributed by atoms with Crippen LogP contribution in [0.25, 0.3) is 27.5 Å². The zero-order chi connectivity index (χ0) is 37.3. The standard InChI is InChI=1S/C41H37ClF2N6O4/c1-22-15-24(29-5-4-6-36-39(29)54-41(3,53-36)31-9-8-26(42)17-32(31)43)11-13-49(22)21-37-46-34-16-25(7-10-35(34)50(37)20-28-12-14-52-28)40(51)45-27-18-30-23(2)47-48-38(30)33(44)19-27/h4-11,16-19,22,28H,12-15,20-21H2,1-3H3,(H,45,51)(H,47,48)/t22-,28?,41?/m0/s1. The number of H-pyrrole nitrogens is 1. The molecule has 0 aliphatic carbocycles. The SMILES string of the molecule is Cc1n[nH]c2c(F)cc(NC(=O)c3ccc4c(c3)nc(CN3CC=C(c5cccc6c5OC(C)(c5ccc(Cl)cc5F)O6)C[C@@H]3C)n4CC3CCO3)cc12. The van der Waals surface area contributed by atoms with Crippen LogP contribution in [0.2, 0.25) is 5.02 Å². The number of imidazole rings is 1. The van der Waals surface area contributed by atoms with E-state index >= 15 is 0 Å². The van der Waals surface area contributed by atoms with E-state index in [9.17, 15) is 13.6 Å². The van der Waals surface area contributed by atoms with Crippen LogP contribution in [-0.4, -0.2) is 55.9 Å². The number of hydrogen-bond acceptors (Lipinski definition) is 7. The topological polar surface area (TPSA) is 107 Å². The molecule has 10 nitrogen and oxygen atoms in total. The summed E-state index contributed by atoms with van der Waals surface area (Å²) in [7, 11) is 0. The molecule has 9 rings (SSSR count). The van der Waals surface area contributed by atoms with E-state index < -0.39 is 17.4 Å². The molecule has 0 saturated carbocycles. The van der Waals surface area contributed by atoms with Gasteiger partial charge in [0.2, 0.25) is 0 Å². The second-order valence-corrected chi connectivity index (χ2v) is 14.8. The van der Waals surface area contributed by atoms with E-state index in [1.54, 1.807) is 44.2 Å². The number of aryl methyl sites for hydroxylation is 1. The number of fused-ring (bicyclic) bond motifs is 3. The van der Waals surface area contributed by atoms with Crippen LogP contribution in [0.15, 0.2) is 72.8 Å². The summed E-state index contributed by atoms with van der Waals surface area (Å²) in [6.07, 6.45) is 4.01. The van der Waals surface area contributed by atoms with Gasteiger partial charge >= 0.3 is 0 Å². The highest BCUT2D eigenvalue weighted by Gasteiger charge is 2.42. The minimum atomic E-state index is -1.34. The molecule has 3 aliphatic heterocycles. The lowest BCUT2D eigenvalue weighted by Crippen LogP contribution is -2.37. The van der Waals surface area contributed by atoms with Gasteiger partial charge in [0.1, 0.15) is 17.2 Å². The van der Waals surface area contributed by atoms with E-state index in [1.807, 2.05) is 24.3 Å². The first-order valence-corrected chi connectivity index (χ1v) is 18.4. The number of nitrogens with one attached hydrogen (secondary N) is 2. The largest absolute Gasteiger partial charge is 0.444 e. The van der Waals surface area contributed by atoms with Crippen LogP contribution in [0.5, 0.6) is 11.5 Å². The van der Waals surface area contributed by atoms with Gasteiger partial charge in [-0.2, -0.15) is 5.10 Å². The van der Waals surface area contributed by atoms with Crippen LogP contribution in [0.1, 0.15) is 59.7 Å². The van der Waals surface area contributed by atoms with Crippen molar-refractivity contribution in [3.05, 3.63) is 118 Å². The van der Waals surface area contributed by atoms with Gasteiger partial charge in [-0.1, -0.05) is 29.8 Å². The maximum Gasteiger partial charge on any atom is 0.278 e. The third-order valence-corrected chi connectivity index (χ3v) is 11.0. The van der Waals surface area contributed by atoms with Crippen LogP contribution in [0.4, 0.5) is 14.5 Å². The first kappa shape index (κ1) is 34.5. The lowest BCUT2D eigenvalue weighted by molar-refractivity contribution is -0.0708. The number of ether oxygens (including phenoxy) is 3. The Morgan fingerprint density at radius 2 is 1.94 bits per heavy atom. The summed E-state index contributed by atoms with van der Waals surface area (Å²) in [5, 5.41) is 10.5. The molecule has 3 aliphatic rings. The average molecular weight is 751 g/mol. The van der Waals surface area contributed by atoms with Gasteiger partial charge < -0.3 is 24.1 Å². The van der Waals surface area contributed by atoms with E-state index in [2.05, 4.69) is 38.0 Å². The number of anilines is 1. The summed E-state index contributed by atoms with van der Waals surface area (Å²) in [4.78, 5) is 20.8. The molecule has 1 saturated heterocycles. The number of benzene rings is 4. The molecule has 54 heavy (non-hydrogen) atoms. The Balaban J connectivity index is 0.959. The number of carbonyl (C=O) groups excluding carboxylic acids is 1. The van der Waals surface area contributed by atoms with Crippen molar-refractivity contribution < 1.29 is 27.8 Å². The van der Waals surface area contributed by atoms with Gasteiger partial charge in [0.15, 0.2) is 17.3 Å². The predicted molar refractivity (Wildman–Crippen MR) is 202 cm³/mol. The molecule has 3 atom stereocenters. The molecule has 0 spiro atoms. The summed E-state index contributed by atoms with van der Waals surface area (Å²) >= 11 is 6.01. The van der Waals surface area contributed by atoms with Gasteiger partial charge in [0, 0.05) is 53.3 Å². The first-order chi connectivity index (χ1) is 26.0. The quantitative estimate of drug-likeness (QED) is 0.161. The number of aromatic amines is 1. The molecule has 1 fully saturated rings. The van der Waals surface area contributed by atoms with E-state index in [-0.39, 0.29) is 23.6 Å². The summed E-state index contributed by atoms with van der Waals surface area (Å²) < 4.78 is 50.3. The van der Waals surface area contributed by atoms with Crippen LogP contribution in [0, 0.1) is 18.6 Å². The van der Waals surface area contributed by atoms with Crippen molar-refractivity contribution >= 4 is 50.7 Å². The molecular weight excluding hydrogens is 714 g/mol. The Morgan fingerprint density at radius 1 is 1.09 bits per heavy atom. The van der Waals surface area contributed by atoms with Gasteiger partial charge in [-0.3, -0.25) is 14.8 Å². The van der Waals surface area contributed by atoms with Crippen LogP contribution < -0.4 is 14.8 Å². The zero-order valence-corrected chi connectivity index (χ0v) is 30.6. The number of amides is 1. The molecule has 2 unspecified atom stereocenters. The molecule has 276 valence electrons. The lowest BCUT2D eigenvalue weighted by Gasteiger charge is -2.34. The van der Waals surface area contributed by atoms with Gasteiger partial charge in [0.25, 0.3) is 11.7 Å². The van der Waals surface area contributed by atoms with E-state index in [1.165, 1.54) is 12.1 Å². The van der Waals surface area contributed by atoms with Gasteiger partial charge in [0.05, 0.1) is 41.5 Å². The molecule has 0 bridgehead atoms. The number of para-hydroxylation sites is 1. The number of aromatic nitrogens is 4. The predicted octanol–water partition coefficient (Wildman–Crippen LogP) is 8.52. The Kier molecular flexibility index (Phi) is 8.44. The fraction of sp³-hybridized carbons (Fsp3) is 0.293. The van der Waals surface area contributed by atoms with Crippen molar-refractivity contribution in [1.29, 1.82) is 0 Å². The van der Waals surface area contributed by atoms with E-state index in [0.717, 1.165) is 41.9 Å². The Hall–Kier alpha value is -5.30. The van der Waals surface area contributed by atoms with Crippen molar-refractivity contribution in [1.82, 2.24) is 24.6 Å². The fourth-order valence-corrected chi connectivity index (χ4v) is 7.82. The Morgan fingerprint density at radius 3 is 2.72 bits per heavy atom. The summed E-state index contributed by atoms with van der Waals surface area (Å²) in [6.45, 7) is 8.32. The highest BCUT2D eigenvalue weighted by Crippen LogP contribution is 2.49. The number of carbonyl (C=O) groups is 1. The van der Waals surface area contributed by atoms with Gasteiger partial charge in [-0.15, -0.1) is 0 Å². The van der Waals surface area contributed by atoms with E-state index in [4.69, 9.17) is 30.8 Å². The Bertz CT molecular complexity index is 2510. The maximum atomic E-state index is 15.0. The first-order valence-electron chi connectivity index (χ1n) is 18.0. The normalized spacial score (nSPS) is 21.0. The van der Waals surface area contributed by atoms with Crippen molar-refractivity contribution in [3.63, 3.8) is 0 Å². The highest BCUT2D eigenvalue weighted by molar-refractivity contribution is 6.30. The highest BCUT2D eigenvalue weighted by atomic mass is 35.5. The number of hydrogen-bond donors (Lipinski definition) is 2. The van der Waals surface area contributed by atoms with Crippen molar-refractivity contribution in [3.8, 4) is 11.5 Å². The summed E-state index contributed by atoms with van der Waals surface area (Å²) in [6, 6.07) is 18.9. The number of rotatable bonds is 8. The van der Waals surface area contributed by atoms with E-state index in [0.29, 0.717) is 69.5 Å². The van der Waals surface area contributed by atoms with Crippen LogP contribution in [-0.2, 0) is 23.6 Å². The third-order valence-electron chi connectivity index (χ3n) is 10.7. The molecule has 13 heteroatoms. The van der Waals surface area contributed by atoms with Crippen molar-refractivity contribution in [2.45, 2.75) is 64.6 Å². The summed E-state index contributed by atoms with van der Waals surface area (Å²) in [5.41, 5.74) is 5.63. The molecule has 1 amide bonds. The molecule has 5 heterocycles. The van der Waals surface area contributed by atoms with Gasteiger partial charge in [-0.05, 0) is 86.9 Å². The second-order valence-electron chi connectivity index (χ2n) is 14.4. The fourth-order valence-electron chi connectivity index (χ4n) is 7.67. The maximum absolute atomic E-state index is 15.0. The van der Waals surface area contributed by atoms with Crippen molar-refractivity contribution in [2.75, 3.05) is 18.5 Å². The van der Waals surface area contributed by atoms with Gasteiger partial charge in [-0.25, -0.2) is 13.8 Å². The third kappa shape index (κ3) is 6.08. The molecule has 2 aromatic heterocycles. The average Bonchev–Trinajstić information content (AvgIpc) is 3.79. The number of halogens is 3.